The van der Waals surface area contributed by atoms with E-state index in [0.29, 0.717) is 0 Å². The van der Waals surface area contributed by atoms with Crippen molar-refractivity contribution in [1.29, 1.82) is 0 Å². The molecule has 13 heavy (non-hydrogen) atoms. The van der Waals surface area contributed by atoms with Crippen molar-refractivity contribution in [1.82, 2.24) is 0 Å². The molecule has 1 nitrogen and oxygen atoms in total. The van der Waals surface area contributed by atoms with Crippen molar-refractivity contribution in [3.8, 4) is 0 Å². The highest BCUT2D eigenvalue weighted by Gasteiger charge is 1.90. The van der Waals surface area contributed by atoms with Crippen molar-refractivity contribution < 1.29 is 0 Å². The average Bonchev–Trinajstić information content (AvgIpc) is 2.16. The van der Waals surface area contributed by atoms with E-state index in [4.69, 9.17) is 5.73 Å². The van der Waals surface area contributed by atoms with E-state index in [1.54, 1.807) is 0 Å². The Morgan fingerprint density at radius 2 is 2.00 bits per heavy atom. The third kappa shape index (κ3) is 3.90. The highest BCUT2D eigenvalue weighted by atomic mass is 14.5. The molecule has 0 saturated carbocycles. The Labute approximate surface area is 80.3 Å². The first kappa shape index (κ1) is 10.0. The Hall–Kier alpha value is -1.08. The summed E-state index contributed by atoms with van der Waals surface area (Å²) in [6.07, 6.45) is 4.40. The van der Waals surface area contributed by atoms with Crippen LogP contribution in [0, 0.1) is 0 Å². The van der Waals surface area contributed by atoms with E-state index in [0.717, 1.165) is 19.4 Å². The standard InChI is InChI=1S/C12H17N/c1-11(6-5-9-13)10-12-7-3-2-4-8-12/h2-4,7-8,10H,5-6,9,13H2,1H3/b11-10+. The summed E-state index contributed by atoms with van der Waals surface area (Å²) in [6.45, 7) is 2.93. The smallest absolute Gasteiger partial charge is 0.00742 e. The maximum atomic E-state index is 5.44. The largest absolute Gasteiger partial charge is 0.330 e. The average molecular weight is 175 g/mol. The summed E-state index contributed by atoms with van der Waals surface area (Å²) in [5.74, 6) is 0. The second kappa shape index (κ2) is 5.55. The quantitative estimate of drug-likeness (QED) is 0.748. The molecule has 0 radical (unpaired) electrons. The third-order valence-corrected chi connectivity index (χ3v) is 1.99. The van der Waals surface area contributed by atoms with Gasteiger partial charge in [-0.25, -0.2) is 0 Å². The summed E-state index contributed by atoms with van der Waals surface area (Å²) in [5, 5.41) is 0. The molecule has 0 spiro atoms. The number of hydrogen-bond acceptors (Lipinski definition) is 1. The van der Waals surface area contributed by atoms with E-state index in [1.165, 1.54) is 11.1 Å². The van der Waals surface area contributed by atoms with Crippen LogP contribution in [-0.4, -0.2) is 6.54 Å². The minimum Gasteiger partial charge on any atom is -0.330 e. The molecule has 70 valence electrons. The van der Waals surface area contributed by atoms with Gasteiger partial charge in [0.15, 0.2) is 0 Å². The molecule has 2 N–H and O–H groups in total. The molecular weight excluding hydrogens is 158 g/mol. The lowest BCUT2D eigenvalue weighted by molar-refractivity contribution is 0.827. The molecule has 1 rings (SSSR count). The van der Waals surface area contributed by atoms with Gasteiger partial charge in [-0.3, -0.25) is 0 Å². The Morgan fingerprint density at radius 3 is 2.62 bits per heavy atom. The fourth-order valence-electron chi connectivity index (χ4n) is 1.29. The summed E-state index contributed by atoms with van der Waals surface area (Å²) in [4.78, 5) is 0. The molecule has 0 unspecified atom stereocenters. The van der Waals surface area contributed by atoms with Gasteiger partial charge in [-0.05, 0) is 31.9 Å². The van der Waals surface area contributed by atoms with E-state index >= 15 is 0 Å². The maximum Gasteiger partial charge on any atom is -0.00742 e. The normalized spacial score (nSPS) is 11.7. The van der Waals surface area contributed by atoms with E-state index in [-0.39, 0.29) is 0 Å². The first-order valence-electron chi connectivity index (χ1n) is 4.75. The third-order valence-electron chi connectivity index (χ3n) is 1.99. The van der Waals surface area contributed by atoms with E-state index < -0.39 is 0 Å². The lowest BCUT2D eigenvalue weighted by Gasteiger charge is -1.99. The molecule has 0 saturated heterocycles. The Balaban J connectivity index is 2.55. The predicted molar refractivity (Wildman–Crippen MR) is 58.4 cm³/mol. The first-order chi connectivity index (χ1) is 6.33. The lowest BCUT2D eigenvalue weighted by atomic mass is 10.1. The van der Waals surface area contributed by atoms with Gasteiger partial charge in [-0.2, -0.15) is 0 Å². The van der Waals surface area contributed by atoms with Crippen molar-refractivity contribution in [3.63, 3.8) is 0 Å². The monoisotopic (exact) mass is 175 g/mol. The van der Waals surface area contributed by atoms with Crippen LogP contribution in [0.15, 0.2) is 35.9 Å². The number of benzene rings is 1. The van der Waals surface area contributed by atoms with Crippen molar-refractivity contribution in [3.05, 3.63) is 41.5 Å². The van der Waals surface area contributed by atoms with Crippen molar-refractivity contribution in [2.75, 3.05) is 6.54 Å². The van der Waals surface area contributed by atoms with Crippen LogP contribution in [0.2, 0.25) is 0 Å². The number of allylic oxidation sites excluding steroid dienone is 1. The first-order valence-corrected chi connectivity index (χ1v) is 4.75. The van der Waals surface area contributed by atoms with Gasteiger partial charge in [-0.1, -0.05) is 42.0 Å². The molecule has 0 atom stereocenters. The summed E-state index contributed by atoms with van der Waals surface area (Å²) >= 11 is 0. The van der Waals surface area contributed by atoms with Crippen molar-refractivity contribution in [2.24, 2.45) is 5.73 Å². The fraction of sp³-hybridized carbons (Fsp3) is 0.333. The topological polar surface area (TPSA) is 26.0 Å². The van der Waals surface area contributed by atoms with Crippen LogP contribution in [0.3, 0.4) is 0 Å². The summed E-state index contributed by atoms with van der Waals surface area (Å²) in [7, 11) is 0. The van der Waals surface area contributed by atoms with Crippen LogP contribution in [0.1, 0.15) is 25.3 Å². The number of rotatable bonds is 4. The Kier molecular flexibility index (Phi) is 4.27. The molecule has 1 heteroatoms. The maximum absolute atomic E-state index is 5.44. The van der Waals surface area contributed by atoms with Gasteiger partial charge >= 0.3 is 0 Å². The zero-order valence-electron chi connectivity index (χ0n) is 8.16. The molecule has 0 fully saturated rings. The van der Waals surface area contributed by atoms with Gasteiger partial charge in [0.1, 0.15) is 0 Å². The van der Waals surface area contributed by atoms with E-state index in [2.05, 4.69) is 37.3 Å². The molecule has 0 amide bonds. The molecule has 0 aliphatic heterocycles. The molecular formula is C12H17N. The van der Waals surface area contributed by atoms with Crippen molar-refractivity contribution >= 4 is 6.08 Å². The molecule has 0 heterocycles. The van der Waals surface area contributed by atoms with Gasteiger partial charge < -0.3 is 5.73 Å². The number of nitrogens with two attached hydrogens (primary N) is 1. The SMILES string of the molecule is C/C(=C\c1ccccc1)CCCN. The zero-order valence-corrected chi connectivity index (χ0v) is 8.16. The van der Waals surface area contributed by atoms with E-state index in [1.807, 2.05) is 6.07 Å². The van der Waals surface area contributed by atoms with Crippen LogP contribution in [0.5, 0.6) is 0 Å². The van der Waals surface area contributed by atoms with Gasteiger partial charge in [0.25, 0.3) is 0 Å². The number of hydrogen-bond donors (Lipinski definition) is 1. The van der Waals surface area contributed by atoms with Gasteiger partial charge in [-0.15, -0.1) is 0 Å². The minimum atomic E-state index is 0.778. The van der Waals surface area contributed by atoms with Crippen LogP contribution >= 0.6 is 0 Å². The van der Waals surface area contributed by atoms with Gasteiger partial charge in [0.2, 0.25) is 0 Å². The molecule has 0 aromatic heterocycles. The second-order valence-corrected chi connectivity index (χ2v) is 3.29. The Morgan fingerprint density at radius 1 is 1.31 bits per heavy atom. The summed E-state index contributed by atoms with van der Waals surface area (Å²) < 4.78 is 0. The second-order valence-electron chi connectivity index (χ2n) is 3.29. The molecule has 0 aliphatic carbocycles. The molecule has 0 bridgehead atoms. The predicted octanol–water partition coefficient (Wildman–Crippen LogP) is 2.83. The minimum absolute atomic E-state index is 0.778. The summed E-state index contributed by atoms with van der Waals surface area (Å²) in [6, 6.07) is 10.4. The van der Waals surface area contributed by atoms with Crippen molar-refractivity contribution in [2.45, 2.75) is 19.8 Å². The molecule has 0 aliphatic rings. The highest BCUT2D eigenvalue weighted by molar-refractivity contribution is 5.51. The van der Waals surface area contributed by atoms with Crippen LogP contribution < -0.4 is 5.73 Å². The van der Waals surface area contributed by atoms with Gasteiger partial charge in [0, 0.05) is 0 Å². The lowest BCUT2D eigenvalue weighted by Crippen LogP contribution is -1.97. The highest BCUT2D eigenvalue weighted by Crippen LogP contribution is 2.09. The van der Waals surface area contributed by atoms with Crippen LogP contribution in [0.4, 0.5) is 0 Å². The molecule has 1 aromatic carbocycles. The zero-order chi connectivity index (χ0) is 9.52. The van der Waals surface area contributed by atoms with Crippen LogP contribution in [0.25, 0.3) is 6.08 Å². The summed E-state index contributed by atoms with van der Waals surface area (Å²) in [5.41, 5.74) is 8.12. The van der Waals surface area contributed by atoms with Crippen LogP contribution in [-0.2, 0) is 0 Å². The van der Waals surface area contributed by atoms with Gasteiger partial charge in [0.05, 0.1) is 0 Å². The molecule has 1 aromatic rings. The fourth-order valence-corrected chi connectivity index (χ4v) is 1.29. The van der Waals surface area contributed by atoms with E-state index in [9.17, 15) is 0 Å². The Bertz CT molecular complexity index is 262.